The second kappa shape index (κ2) is 16.9. The molecule has 0 amide bonds. The van der Waals surface area contributed by atoms with E-state index in [4.69, 9.17) is 35.2 Å². The summed E-state index contributed by atoms with van der Waals surface area (Å²) >= 11 is 0. The molecule has 0 fully saturated rings. The minimum Gasteiger partial charge on any atom is -0.494 e. The van der Waals surface area contributed by atoms with Crippen LogP contribution in [0.3, 0.4) is 0 Å². The summed E-state index contributed by atoms with van der Waals surface area (Å²) in [5, 5.41) is 0. The molecule has 0 aliphatic carbocycles. The summed E-state index contributed by atoms with van der Waals surface area (Å²) in [5.41, 5.74) is 12.9. The fourth-order valence-corrected chi connectivity index (χ4v) is 3.71. The molecule has 0 spiro atoms. The number of hydrogen-bond acceptors (Lipinski definition) is 10. The quantitative estimate of drug-likeness (QED) is 0.0476. The van der Waals surface area contributed by atoms with Crippen LogP contribution in [0.1, 0.15) is 39.1 Å². The van der Waals surface area contributed by atoms with Gasteiger partial charge >= 0.3 is 30.0 Å². The Labute approximate surface area is 266 Å². The highest BCUT2D eigenvalue weighted by Crippen LogP contribution is 2.38. The fraction of sp³-hybridized carbons (Fsp3) is 0.281. The molecule has 252 valence electrons. The lowest BCUT2D eigenvalue weighted by atomic mass is 10.2. The third kappa shape index (κ3) is 12.3. The van der Waals surface area contributed by atoms with Crippen molar-refractivity contribution < 1.29 is 60.0 Å². The van der Waals surface area contributed by atoms with Crippen molar-refractivity contribution in [1.29, 1.82) is 0 Å². The highest BCUT2D eigenvalue weighted by Gasteiger charge is 2.56. The molecule has 3 aromatic carbocycles. The molecule has 3 aromatic rings. The molecule has 4 N–H and O–H groups in total. The highest BCUT2D eigenvalue weighted by atomic mass is 19.4. The van der Waals surface area contributed by atoms with Gasteiger partial charge < -0.3 is 35.2 Å². The summed E-state index contributed by atoms with van der Waals surface area (Å²) in [4.78, 5) is 36.4. The van der Waals surface area contributed by atoms with Crippen molar-refractivity contribution in [3.63, 3.8) is 0 Å². The number of nitrogens with two attached hydrogens (primary N) is 2. The molecular formula is C32H31F5N2O8. The van der Waals surface area contributed by atoms with E-state index in [0.717, 1.165) is 0 Å². The zero-order chi connectivity index (χ0) is 34.5. The van der Waals surface area contributed by atoms with Crippen molar-refractivity contribution in [2.45, 2.75) is 24.9 Å². The first-order valence-corrected chi connectivity index (χ1v) is 14.0. The molecule has 0 unspecified atom stereocenters. The van der Waals surface area contributed by atoms with Crippen molar-refractivity contribution in [1.82, 2.24) is 0 Å². The Kier molecular flexibility index (Phi) is 13.1. The highest BCUT2D eigenvalue weighted by molar-refractivity contribution is 5.92. The number of nitrogen functional groups attached to an aromatic ring is 2. The summed E-state index contributed by atoms with van der Waals surface area (Å²) in [6, 6.07) is 16.0. The lowest BCUT2D eigenvalue weighted by Gasteiger charge is -2.19. The number of alkyl halides is 5. The van der Waals surface area contributed by atoms with E-state index in [1.807, 2.05) is 0 Å². The summed E-state index contributed by atoms with van der Waals surface area (Å²) in [7, 11) is 0. The molecule has 3 rings (SSSR count). The summed E-state index contributed by atoms with van der Waals surface area (Å²) in [6.07, 6.45) is -4.85. The molecule has 0 heterocycles. The van der Waals surface area contributed by atoms with Crippen LogP contribution in [-0.2, 0) is 19.0 Å². The molecule has 0 saturated carbocycles. The first-order valence-electron chi connectivity index (χ1n) is 14.0. The van der Waals surface area contributed by atoms with Gasteiger partial charge in [0.15, 0.2) is 0 Å². The molecule has 0 aliphatic rings. The number of hydrogen-bond donors (Lipinski definition) is 2. The number of ether oxygens (including phenoxy) is 5. The van der Waals surface area contributed by atoms with E-state index < -0.39 is 42.8 Å². The van der Waals surface area contributed by atoms with Gasteiger partial charge in [0.25, 0.3) is 0 Å². The second-order valence-electron chi connectivity index (χ2n) is 9.77. The van der Waals surface area contributed by atoms with Crippen molar-refractivity contribution in [2.24, 2.45) is 0 Å². The predicted molar refractivity (Wildman–Crippen MR) is 160 cm³/mol. The number of halogens is 5. The van der Waals surface area contributed by atoms with E-state index in [-0.39, 0.29) is 55.7 Å². The molecule has 47 heavy (non-hydrogen) atoms. The standard InChI is InChI=1S/C32H31F5N2O8/c33-31(34,32(35,36)37)12-1-13-44-26-9-5-22(6-10-26)30(42)47-27-7-2-21(3-8-27)4-11-28(40)45-16-14-43-15-17-46-29(41)23-18-24(38)20-25(39)19-23/h2-11,18-20H,1,12-17,38-39H2. The van der Waals surface area contributed by atoms with Crippen LogP contribution in [0.15, 0.2) is 72.8 Å². The molecule has 10 nitrogen and oxygen atoms in total. The number of rotatable bonds is 16. The van der Waals surface area contributed by atoms with E-state index in [0.29, 0.717) is 16.9 Å². The van der Waals surface area contributed by atoms with Crippen LogP contribution in [-0.4, -0.2) is 63.0 Å². The van der Waals surface area contributed by atoms with Crippen LogP contribution in [0.4, 0.5) is 33.3 Å². The number of carbonyl (C=O) groups excluding carboxylic acids is 3. The maximum Gasteiger partial charge on any atom is 0.453 e. The molecule has 0 aromatic heterocycles. The summed E-state index contributed by atoms with van der Waals surface area (Å²) in [5.74, 6) is -6.34. The first-order chi connectivity index (χ1) is 22.2. The van der Waals surface area contributed by atoms with Gasteiger partial charge in [0.2, 0.25) is 0 Å². The largest absolute Gasteiger partial charge is 0.494 e. The fourth-order valence-electron chi connectivity index (χ4n) is 3.71. The monoisotopic (exact) mass is 666 g/mol. The van der Waals surface area contributed by atoms with Gasteiger partial charge in [0, 0.05) is 23.9 Å². The van der Waals surface area contributed by atoms with E-state index in [1.54, 1.807) is 12.1 Å². The smallest absolute Gasteiger partial charge is 0.453 e. The minimum absolute atomic E-state index is 0.0271. The topological polar surface area (TPSA) is 149 Å². The molecule has 15 heteroatoms. The lowest BCUT2D eigenvalue weighted by molar-refractivity contribution is -0.284. The van der Waals surface area contributed by atoms with E-state index in [2.05, 4.69) is 0 Å². The molecule has 0 radical (unpaired) electrons. The van der Waals surface area contributed by atoms with Crippen molar-refractivity contribution in [3.05, 3.63) is 89.5 Å². The van der Waals surface area contributed by atoms with Gasteiger partial charge in [-0.05, 0) is 72.7 Å². The predicted octanol–water partition coefficient (Wildman–Crippen LogP) is 5.86. The van der Waals surface area contributed by atoms with Gasteiger partial charge in [-0.1, -0.05) is 12.1 Å². The summed E-state index contributed by atoms with van der Waals surface area (Å²) in [6.45, 7) is -0.278. The maximum atomic E-state index is 12.9. The zero-order valence-electron chi connectivity index (χ0n) is 24.8. The van der Waals surface area contributed by atoms with Crippen LogP contribution in [0.25, 0.3) is 6.08 Å². The van der Waals surface area contributed by atoms with Gasteiger partial charge in [-0.25, -0.2) is 14.4 Å². The van der Waals surface area contributed by atoms with Crippen LogP contribution >= 0.6 is 0 Å². The Balaban J connectivity index is 1.31. The Bertz CT molecular complexity index is 1510. The summed E-state index contributed by atoms with van der Waals surface area (Å²) < 4.78 is 88.3. The van der Waals surface area contributed by atoms with Gasteiger partial charge in [-0.2, -0.15) is 22.0 Å². The number of carbonyl (C=O) groups is 3. The van der Waals surface area contributed by atoms with E-state index >= 15 is 0 Å². The molecule has 0 saturated heterocycles. The number of esters is 3. The third-order valence-corrected chi connectivity index (χ3v) is 6.06. The SMILES string of the molecule is Nc1cc(N)cc(C(=O)OCCOCCOC(=O)C=Cc2ccc(OC(=O)c3ccc(OCCCC(F)(F)C(F)(F)F)cc3)cc2)c1. The normalized spacial score (nSPS) is 11.7. The number of anilines is 2. The maximum absolute atomic E-state index is 12.9. The Hall–Kier alpha value is -5.18. The van der Waals surface area contributed by atoms with Crippen LogP contribution in [0, 0.1) is 0 Å². The van der Waals surface area contributed by atoms with Crippen molar-refractivity contribution >= 4 is 35.4 Å². The van der Waals surface area contributed by atoms with Crippen LogP contribution in [0.2, 0.25) is 0 Å². The van der Waals surface area contributed by atoms with E-state index in [9.17, 15) is 36.3 Å². The molecule has 0 atom stereocenters. The first kappa shape index (κ1) is 36.3. The molecule has 0 aliphatic heterocycles. The Morgan fingerprint density at radius 2 is 1.28 bits per heavy atom. The van der Waals surface area contributed by atoms with Gasteiger partial charge in [0.05, 0.1) is 30.9 Å². The zero-order valence-corrected chi connectivity index (χ0v) is 24.8. The van der Waals surface area contributed by atoms with Gasteiger partial charge in [-0.15, -0.1) is 0 Å². The molecule has 0 bridgehead atoms. The molecular weight excluding hydrogens is 635 g/mol. The van der Waals surface area contributed by atoms with Crippen LogP contribution in [0.5, 0.6) is 11.5 Å². The minimum atomic E-state index is -5.61. The third-order valence-electron chi connectivity index (χ3n) is 6.06. The Morgan fingerprint density at radius 1 is 0.681 bits per heavy atom. The van der Waals surface area contributed by atoms with E-state index in [1.165, 1.54) is 66.7 Å². The van der Waals surface area contributed by atoms with Crippen LogP contribution < -0.4 is 20.9 Å². The van der Waals surface area contributed by atoms with Crippen molar-refractivity contribution in [2.75, 3.05) is 44.5 Å². The van der Waals surface area contributed by atoms with Crippen molar-refractivity contribution in [3.8, 4) is 11.5 Å². The van der Waals surface area contributed by atoms with Gasteiger partial charge in [-0.3, -0.25) is 0 Å². The lowest BCUT2D eigenvalue weighted by Crippen LogP contribution is -2.36. The average Bonchev–Trinajstić information content (AvgIpc) is 3.01. The van der Waals surface area contributed by atoms with Gasteiger partial charge in [0.1, 0.15) is 24.7 Å². The Morgan fingerprint density at radius 3 is 1.89 bits per heavy atom. The number of benzene rings is 3. The average molecular weight is 667 g/mol. The second-order valence-corrected chi connectivity index (χ2v) is 9.77.